The molecule has 33 heavy (non-hydrogen) atoms. The molecule has 0 bridgehead atoms. The number of nitrogens with zero attached hydrogens (tertiary/aromatic N) is 2. The molecule has 2 atom stereocenters. The molecule has 3 rings (SSSR count). The summed E-state index contributed by atoms with van der Waals surface area (Å²) in [6.07, 6.45) is 0.744. The summed E-state index contributed by atoms with van der Waals surface area (Å²) in [5.74, 6) is -2.41. The first kappa shape index (κ1) is 25.8. The largest absolute Gasteiger partial charge is 0.306 e. The van der Waals surface area contributed by atoms with Gasteiger partial charge in [0.2, 0.25) is 15.9 Å². The van der Waals surface area contributed by atoms with Crippen LogP contribution in [0.2, 0.25) is 4.34 Å². The monoisotopic (exact) mass is 517 g/mol. The van der Waals surface area contributed by atoms with E-state index in [0.29, 0.717) is 26.8 Å². The van der Waals surface area contributed by atoms with Gasteiger partial charge < -0.3 is 9.80 Å². The lowest BCUT2D eigenvalue weighted by Crippen LogP contribution is -2.41. The van der Waals surface area contributed by atoms with Crippen molar-refractivity contribution < 1.29 is 22.0 Å². The fourth-order valence-electron chi connectivity index (χ4n) is 4.00. The van der Waals surface area contributed by atoms with E-state index >= 15 is 0 Å². The van der Waals surface area contributed by atoms with Crippen molar-refractivity contribution in [2.45, 2.75) is 38.8 Å². The van der Waals surface area contributed by atoms with Gasteiger partial charge in [-0.1, -0.05) is 18.5 Å². The third-order valence-corrected chi connectivity index (χ3v) is 8.15. The summed E-state index contributed by atoms with van der Waals surface area (Å²) in [6, 6.07) is 4.53. The summed E-state index contributed by atoms with van der Waals surface area (Å²) in [6.45, 7) is 3.53. The molecule has 2 aromatic rings. The highest BCUT2D eigenvalue weighted by Crippen LogP contribution is 2.33. The van der Waals surface area contributed by atoms with Gasteiger partial charge in [0.25, 0.3) is 0 Å². The Morgan fingerprint density at radius 1 is 1.33 bits per heavy atom. The van der Waals surface area contributed by atoms with E-state index in [-0.39, 0.29) is 19.0 Å². The highest BCUT2D eigenvalue weighted by atomic mass is 35.5. The molecule has 1 aliphatic heterocycles. The van der Waals surface area contributed by atoms with Crippen LogP contribution in [-0.4, -0.2) is 45.9 Å². The van der Waals surface area contributed by atoms with E-state index in [1.807, 2.05) is 25.9 Å². The number of carbonyl (C=O) groups is 1. The van der Waals surface area contributed by atoms with Crippen molar-refractivity contribution in [1.82, 2.24) is 9.62 Å². The van der Waals surface area contributed by atoms with Gasteiger partial charge in [-0.25, -0.2) is 17.2 Å². The number of nitrogens with one attached hydrogen (secondary N) is 1. The van der Waals surface area contributed by atoms with Crippen LogP contribution >= 0.6 is 22.9 Å². The number of benzene rings is 1. The Morgan fingerprint density at radius 2 is 1.97 bits per heavy atom. The Bertz CT molecular complexity index is 1160. The van der Waals surface area contributed by atoms with Gasteiger partial charge in [0.15, 0.2) is 0 Å². The van der Waals surface area contributed by atoms with E-state index in [1.165, 1.54) is 23.5 Å². The molecule has 1 saturated heterocycles. The van der Waals surface area contributed by atoms with E-state index in [9.17, 15) is 22.0 Å². The van der Waals surface area contributed by atoms with Crippen LogP contribution in [-0.2, 0) is 14.8 Å². The topological polar surface area (TPSA) is 69.7 Å². The zero-order valence-electron chi connectivity index (χ0n) is 18.7. The van der Waals surface area contributed by atoms with Gasteiger partial charge in [0.05, 0.1) is 9.74 Å². The number of amides is 1. The molecule has 180 valence electrons. The molecule has 1 aliphatic rings. The SMILES string of the molecule is CCC(c1cc(F)c(N2CCC(NS(=O)(=O)C=C(C)c3ccc(Cl)s3)C2=O)c(F)c1)N(C)C. The van der Waals surface area contributed by atoms with Gasteiger partial charge >= 0.3 is 0 Å². The maximum Gasteiger partial charge on any atom is 0.245 e. The van der Waals surface area contributed by atoms with Crippen molar-refractivity contribution in [3.05, 3.63) is 56.1 Å². The van der Waals surface area contributed by atoms with Crippen LogP contribution < -0.4 is 9.62 Å². The highest BCUT2D eigenvalue weighted by molar-refractivity contribution is 7.92. The van der Waals surface area contributed by atoms with Crippen molar-refractivity contribution >= 4 is 50.1 Å². The molecule has 1 amide bonds. The minimum Gasteiger partial charge on any atom is -0.306 e. The standard InChI is InChI=1S/C22H26ClF2N3O3S2/c1-5-18(27(3)4)14-10-15(24)21(16(25)11-14)28-9-8-17(22(28)29)26-33(30,31)12-13(2)19-6-7-20(23)32-19/h6-7,10-12,17-18,26H,5,8-9H2,1-4H3. The molecule has 0 saturated carbocycles. The number of thiophene rings is 1. The summed E-state index contributed by atoms with van der Waals surface area (Å²) in [5, 5.41) is 1.02. The molecule has 1 N–H and O–H groups in total. The molecule has 1 fully saturated rings. The summed E-state index contributed by atoms with van der Waals surface area (Å²) in [7, 11) is -0.339. The Kier molecular flexibility index (Phi) is 7.95. The van der Waals surface area contributed by atoms with Crippen LogP contribution in [0.4, 0.5) is 14.5 Å². The van der Waals surface area contributed by atoms with Crippen molar-refractivity contribution in [2.24, 2.45) is 0 Å². The van der Waals surface area contributed by atoms with E-state index in [1.54, 1.807) is 19.1 Å². The number of allylic oxidation sites excluding steroid dienone is 1. The average Bonchev–Trinajstić information content (AvgIpc) is 3.28. The fraction of sp³-hybridized carbons (Fsp3) is 0.409. The minimum absolute atomic E-state index is 0.00662. The van der Waals surface area contributed by atoms with Gasteiger partial charge in [-0.3, -0.25) is 4.79 Å². The van der Waals surface area contributed by atoms with Gasteiger partial charge in [-0.2, -0.15) is 4.72 Å². The number of rotatable bonds is 8. The third-order valence-electron chi connectivity index (χ3n) is 5.51. The molecule has 2 unspecified atom stereocenters. The smallest absolute Gasteiger partial charge is 0.245 e. The van der Waals surface area contributed by atoms with Gasteiger partial charge in [-0.05, 0) is 69.3 Å². The minimum atomic E-state index is -3.98. The maximum absolute atomic E-state index is 14.9. The number of anilines is 1. The normalized spacial score (nSPS) is 18.4. The molecule has 6 nitrogen and oxygen atoms in total. The van der Waals surface area contributed by atoms with E-state index in [4.69, 9.17) is 11.6 Å². The molecule has 0 aliphatic carbocycles. The number of sulfonamides is 1. The van der Waals surface area contributed by atoms with Crippen LogP contribution in [0, 0.1) is 11.6 Å². The summed E-state index contributed by atoms with van der Waals surface area (Å²) < 4.78 is 57.8. The lowest BCUT2D eigenvalue weighted by molar-refractivity contribution is -0.118. The van der Waals surface area contributed by atoms with Crippen LogP contribution in [0.5, 0.6) is 0 Å². The van der Waals surface area contributed by atoms with E-state index in [0.717, 1.165) is 10.3 Å². The molecule has 0 radical (unpaired) electrons. The van der Waals surface area contributed by atoms with Crippen molar-refractivity contribution in [2.75, 3.05) is 25.5 Å². The lowest BCUT2D eigenvalue weighted by Gasteiger charge is -2.25. The maximum atomic E-state index is 14.9. The first-order valence-corrected chi connectivity index (χ1v) is 13.1. The van der Waals surface area contributed by atoms with E-state index < -0.39 is 39.3 Å². The molecule has 1 aromatic carbocycles. The lowest BCUT2D eigenvalue weighted by atomic mass is 10.0. The second-order valence-corrected chi connectivity index (χ2v) is 11.4. The first-order chi connectivity index (χ1) is 15.4. The predicted molar refractivity (Wildman–Crippen MR) is 129 cm³/mol. The second-order valence-electron chi connectivity index (χ2n) is 8.12. The zero-order chi connectivity index (χ0) is 24.5. The molecule has 11 heteroatoms. The summed E-state index contributed by atoms with van der Waals surface area (Å²) >= 11 is 7.13. The quantitative estimate of drug-likeness (QED) is 0.547. The van der Waals surface area contributed by atoms with E-state index in [2.05, 4.69) is 4.72 Å². The summed E-state index contributed by atoms with van der Waals surface area (Å²) in [5.41, 5.74) is 0.471. The fourth-order valence-corrected chi connectivity index (χ4v) is 6.36. The Labute approximate surface area is 201 Å². The molecule has 0 spiro atoms. The van der Waals surface area contributed by atoms with Crippen molar-refractivity contribution in [1.29, 1.82) is 0 Å². The predicted octanol–water partition coefficient (Wildman–Crippen LogP) is 4.78. The Hall–Kier alpha value is -1.85. The van der Waals surface area contributed by atoms with Gasteiger partial charge in [-0.15, -0.1) is 11.3 Å². The molecular formula is C22H26ClF2N3O3S2. The number of hydrogen-bond acceptors (Lipinski definition) is 5. The highest BCUT2D eigenvalue weighted by Gasteiger charge is 2.37. The van der Waals surface area contributed by atoms with Crippen LogP contribution in [0.15, 0.2) is 29.7 Å². The Balaban J connectivity index is 1.80. The summed E-state index contributed by atoms with van der Waals surface area (Å²) in [4.78, 5) is 16.4. The van der Waals surface area contributed by atoms with Crippen molar-refractivity contribution in [3.63, 3.8) is 0 Å². The molecule has 1 aromatic heterocycles. The second kappa shape index (κ2) is 10.2. The van der Waals surface area contributed by atoms with Crippen LogP contribution in [0.3, 0.4) is 0 Å². The van der Waals surface area contributed by atoms with Crippen LogP contribution in [0.25, 0.3) is 5.57 Å². The molecule has 2 heterocycles. The van der Waals surface area contributed by atoms with Crippen LogP contribution in [0.1, 0.15) is 43.2 Å². The zero-order valence-corrected chi connectivity index (χ0v) is 21.1. The first-order valence-electron chi connectivity index (χ1n) is 10.4. The van der Waals surface area contributed by atoms with Crippen molar-refractivity contribution in [3.8, 4) is 0 Å². The molecular weight excluding hydrogens is 492 g/mol. The number of halogens is 3. The number of hydrogen-bond donors (Lipinski definition) is 1. The van der Waals surface area contributed by atoms with Gasteiger partial charge in [0, 0.05) is 17.5 Å². The third kappa shape index (κ3) is 5.81. The number of carbonyl (C=O) groups excluding carboxylic acids is 1. The Morgan fingerprint density at radius 3 is 2.48 bits per heavy atom. The average molecular weight is 518 g/mol. The van der Waals surface area contributed by atoms with Gasteiger partial charge in [0.1, 0.15) is 23.4 Å².